The molecule has 3 rings (SSSR count). The summed E-state index contributed by atoms with van der Waals surface area (Å²) in [5.41, 5.74) is 4.36. The molecule has 0 spiro atoms. The molecule has 0 aliphatic carbocycles. The summed E-state index contributed by atoms with van der Waals surface area (Å²) in [6.07, 6.45) is 0.0157. The average Bonchev–Trinajstić information content (AvgIpc) is 2.71. The first-order valence-corrected chi connectivity index (χ1v) is 9.69. The highest BCUT2D eigenvalue weighted by molar-refractivity contribution is 8.15. The third-order valence-corrected chi connectivity index (χ3v) is 5.14. The Labute approximate surface area is 172 Å². The molecular weight excluding hydrogens is 392 g/mol. The van der Waals surface area contributed by atoms with Crippen molar-refractivity contribution in [1.29, 1.82) is 0 Å². The van der Waals surface area contributed by atoms with Crippen molar-refractivity contribution in [3.05, 3.63) is 59.7 Å². The van der Waals surface area contributed by atoms with Crippen LogP contribution in [0.4, 0.5) is 5.69 Å². The van der Waals surface area contributed by atoms with Gasteiger partial charge in [0.1, 0.15) is 11.0 Å². The lowest BCUT2D eigenvalue weighted by atomic mass is 10.2. The molecule has 150 valence electrons. The zero-order valence-electron chi connectivity index (χ0n) is 15.9. The smallest absolute Gasteiger partial charge is 0.275 e. The van der Waals surface area contributed by atoms with Crippen LogP contribution < -0.4 is 20.8 Å². The van der Waals surface area contributed by atoms with Crippen LogP contribution in [0.15, 0.2) is 53.6 Å². The van der Waals surface area contributed by atoms with E-state index in [9.17, 15) is 14.4 Å². The Bertz CT molecular complexity index is 976. The van der Waals surface area contributed by atoms with Crippen molar-refractivity contribution in [2.24, 2.45) is 5.10 Å². The molecule has 1 heterocycles. The maximum absolute atomic E-state index is 12.5. The molecular formula is C20H20N4O4S. The second kappa shape index (κ2) is 9.24. The number of ether oxygens (including phenoxy) is 1. The molecule has 3 amide bonds. The normalized spacial score (nSPS) is 17.4. The van der Waals surface area contributed by atoms with E-state index in [0.29, 0.717) is 17.0 Å². The van der Waals surface area contributed by atoms with Crippen LogP contribution in [0.3, 0.4) is 0 Å². The SMILES string of the molecule is COc1ccccc1C(=O)N/N=C1/NC(=O)CC(C(=O)Nc2cccc(C)c2)S1. The van der Waals surface area contributed by atoms with Crippen LogP contribution >= 0.6 is 11.8 Å². The minimum Gasteiger partial charge on any atom is -0.496 e. The van der Waals surface area contributed by atoms with Gasteiger partial charge >= 0.3 is 0 Å². The lowest BCUT2D eigenvalue weighted by Gasteiger charge is -2.22. The van der Waals surface area contributed by atoms with Gasteiger partial charge in [0, 0.05) is 12.1 Å². The van der Waals surface area contributed by atoms with E-state index in [1.54, 1.807) is 30.3 Å². The molecule has 3 N–H and O–H groups in total. The van der Waals surface area contributed by atoms with Gasteiger partial charge in [-0.15, -0.1) is 5.10 Å². The van der Waals surface area contributed by atoms with E-state index in [1.165, 1.54) is 7.11 Å². The van der Waals surface area contributed by atoms with E-state index in [1.807, 2.05) is 25.1 Å². The Balaban J connectivity index is 1.66. The summed E-state index contributed by atoms with van der Waals surface area (Å²) in [7, 11) is 1.46. The number of amides is 3. The van der Waals surface area contributed by atoms with Crippen molar-refractivity contribution in [2.75, 3.05) is 12.4 Å². The molecule has 2 aromatic carbocycles. The van der Waals surface area contributed by atoms with Crippen molar-refractivity contribution >= 4 is 40.3 Å². The number of thioether (sulfide) groups is 1. The Morgan fingerprint density at radius 2 is 2.00 bits per heavy atom. The van der Waals surface area contributed by atoms with Crippen LogP contribution in [-0.2, 0) is 9.59 Å². The predicted molar refractivity (Wildman–Crippen MR) is 112 cm³/mol. The molecule has 1 unspecified atom stereocenters. The van der Waals surface area contributed by atoms with Crippen molar-refractivity contribution in [3.8, 4) is 5.75 Å². The lowest BCUT2D eigenvalue weighted by molar-refractivity contribution is -0.123. The molecule has 0 aromatic heterocycles. The molecule has 1 aliphatic heterocycles. The molecule has 0 bridgehead atoms. The molecule has 8 nitrogen and oxygen atoms in total. The van der Waals surface area contributed by atoms with Gasteiger partial charge in [-0.05, 0) is 36.8 Å². The zero-order valence-corrected chi connectivity index (χ0v) is 16.7. The summed E-state index contributed by atoms with van der Waals surface area (Å²) >= 11 is 1.07. The van der Waals surface area contributed by atoms with Gasteiger partial charge in [-0.1, -0.05) is 36.0 Å². The molecule has 0 saturated carbocycles. The van der Waals surface area contributed by atoms with Crippen molar-refractivity contribution in [3.63, 3.8) is 0 Å². The van der Waals surface area contributed by atoms with Gasteiger partial charge in [-0.3, -0.25) is 14.4 Å². The quantitative estimate of drug-likeness (QED) is 0.653. The van der Waals surface area contributed by atoms with Crippen LogP contribution in [-0.4, -0.2) is 35.2 Å². The number of carbonyl (C=O) groups is 3. The first-order valence-electron chi connectivity index (χ1n) is 8.81. The Morgan fingerprint density at radius 1 is 1.21 bits per heavy atom. The number of amidine groups is 1. The summed E-state index contributed by atoms with van der Waals surface area (Å²) in [6, 6.07) is 14.1. The number of aryl methyl sites for hydroxylation is 1. The van der Waals surface area contributed by atoms with E-state index < -0.39 is 11.2 Å². The van der Waals surface area contributed by atoms with Gasteiger partial charge in [0.05, 0.1) is 12.7 Å². The molecule has 2 aromatic rings. The highest BCUT2D eigenvalue weighted by Gasteiger charge is 2.30. The zero-order chi connectivity index (χ0) is 20.8. The number of nitrogens with one attached hydrogen (secondary N) is 3. The summed E-state index contributed by atoms with van der Waals surface area (Å²) < 4.78 is 5.15. The first kappa shape index (κ1) is 20.4. The number of benzene rings is 2. The third-order valence-electron chi connectivity index (χ3n) is 4.06. The molecule has 0 radical (unpaired) electrons. The highest BCUT2D eigenvalue weighted by atomic mass is 32.2. The van der Waals surface area contributed by atoms with E-state index in [-0.39, 0.29) is 23.4 Å². The van der Waals surface area contributed by atoms with Crippen molar-refractivity contribution in [2.45, 2.75) is 18.6 Å². The molecule has 1 atom stereocenters. The third kappa shape index (κ3) is 5.35. The van der Waals surface area contributed by atoms with Gasteiger partial charge < -0.3 is 15.4 Å². The lowest BCUT2D eigenvalue weighted by Crippen LogP contribution is -2.42. The Morgan fingerprint density at radius 3 is 2.76 bits per heavy atom. The van der Waals surface area contributed by atoms with Gasteiger partial charge in [0.25, 0.3) is 5.91 Å². The molecule has 1 aliphatic rings. The Kier molecular flexibility index (Phi) is 6.50. The summed E-state index contributed by atoms with van der Waals surface area (Å²) in [4.78, 5) is 36.9. The summed E-state index contributed by atoms with van der Waals surface area (Å²) in [6.45, 7) is 1.92. The number of nitrogens with zero attached hydrogens (tertiary/aromatic N) is 1. The fraction of sp³-hybridized carbons (Fsp3) is 0.200. The van der Waals surface area contributed by atoms with E-state index >= 15 is 0 Å². The van der Waals surface area contributed by atoms with E-state index in [2.05, 4.69) is 21.2 Å². The second-order valence-corrected chi connectivity index (χ2v) is 7.47. The summed E-state index contributed by atoms with van der Waals surface area (Å²) in [5.74, 6) is -0.741. The van der Waals surface area contributed by atoms with Crippen LogP contribution in [0.2, 0.25) is 0 Å². The number of hydrogen-bond acceptors (Lipinski definition) is 6. The number of hydrogen-bond donors (Lipinski definition) is 3. The predicted octanol–water partition coefficient (Wildman–Crippen LogP) is 2.26. The number of hydrazone groups is 1. The van der Waals surface area contributed by atoms with Crippen molar-refractivity contribution < 1.29 is 19.1 Å². The number of anilines is 1. The molecule has 1 fully saturated rings. The van der Waals surface area contributed by atoms with Crippen LogP contribution in [0.25, 0.3) is 0 Å². The number of methoxy groups -OCH3 is 1. The second-order valence-electron chi connectivity index (χ2n) is 6.28. The number of carbonyl (C=O) groups excluding carboxylic acids is 3. The average molecular weight is 412 g/mol. The highest BCUT2D eigenvalue weighted by Crippen LogP contribution is 2.23. The van der Waals surface area contributed by atoms with E-state index in [4.69, 9.17) is 4.74 Å². The van der Waals surface area contributed by atoms with Crippen LogP contribution in [0, 0.1) is 6.92 Å². The molecule has 29 heavy (non-hydrogen) atoms. The Hall–Kier alpha value is -3.33. The molecule has 9 heteroatoms. The minimum absolute atomic E-state index is 0.0157. The number of para-hydroxylation sites is 1. The monoisotopic (exact) mass is 412 g/mol. The molecule has 1 saturated heterocycles. The van der Waals surface area contributed by atoms with Gasteiger partial charge in [0.15, 0.2) is 5.17 Å². The van der Waals surface area contributed by atoms with Crippen LogP contribution in [0.1, 0.15) is 22.3 Å². The van der Waals surface area contributed by atoms with Gasteiger partial charge in [-0.25, -0.2) is 5.43 Å². The number of rotatable bonds is 5. The van der Waals surface area contributed by atoms with Gasteiger partial charge in [0.2, 0.25) is 11.8 Å². The fourth-order valence-electron chi connectivity index (χ4n) is 2.68. The van der Waals surface area contributed by atoms with Gasteiger partial charge in [-0.2, -0.15) is 0 Å². The first-order chi connectivity index (χ1) is 14.0. The maximum Gasteiger partial charge on any atom is 0.275 e. The largest absolute Gasteiger partial charge is 0.496 e. The van der Waals surface area contributed by atoms with Crippen LogP contribution in [0.5, 0.6) is 5.75 Å². The minimum atomic E-state index is -0.661. The fourth-order valence-corrected chi connectivity index (χ4v) is 3.63. The summed E-state index contributed by atoms with van der Waals surface area (Å²) in [5, 5.41) is 8.80. The van der Waals surface area contributed by atoms with Crippen molar-refractivity contribution in [1.82, 2.24) is 10.7 Å². The van der Waals surface area contributed by atoms with E-state index in [0.717, 1.165) is 17.3 Å². The topological polar surface area (TPSA) is 109 Å². The maximum atomic E-state index is 12.5. The standard InChI is InChI=1S/C20H20N4O4S/c1-12-6-5-7-13(10-12)21-19(27)16-11-17(25)22-20(29-16)24-23-18(26)14-8-3-4-9-15(14)28-2/h3-10,16H,11H2,1-2H3,(H,21,27)(H,23,26)(H,22,24,25).